The van der Waals surface area contributed by atoms with Crippen LogP contribution in [-0.4, -0.2) is 29.1 Å². The van der Waals surface area contributed by atoms with Gasteiger partial charge in [-0.3, -0.25) is 0 Å². The van der Waals surface area contributed by atoms with Gasteiger partial charge in [0.1, 0.15) is 0 Å². The maximum absolute atomic E-state index is 11.4. The number of hydrogen-bond donors (Lipinski definition) is 1. The Morgan fingerprint density at radius 1 is 1.44 bits per heavy atom. The van der Waals surface area contributed by atoms with Gasteiger partial charge in [-0.05, 0) is 19.9 Å². The van der Waals surface area contributed by atoms with Gasteiger partial charge in [-0.15, -0.1) is 5.10 Å². The fraction of sp³-hybridized carbons (Fsp3) is 0.333. The minimum absolute atomic E-state index is 0.0909. The third kappa shape index (κ3) is 2.40. The number of imidazole rings is 1. The molecule has 0 bridgehead atoms. The monoisotopic (exact) mass is 290 g/mol. The van der Waals surface area contributed by atoms with Crippen LogP contribution in [0.15, 0.2) is 17.2 Å². The minimum Gasteiger partial charge on any atom is -0.474 e. The molecule has 0 aliphatic carbocycles. The Morgan fingerprint density at radius 3 is 2.67 bits per heavy atom. The largest absolute Gasteiger partial charge is 0.474 e. The standard InChI is InChI=1S/C9H11ClN4O3S/c1-5(2)17-7-4-3-6-12-8(10)9(14(6)13-7)18(11,15)16/h3-5H,1-2H3,(H2,11,15,16). The quantitative estimate of drug-likeness (QED) is 0.902. The van der Waals surface area contributed by atoms with Crippen molar-refractivity contribution in [1.29, 1.82) is 0 Å². The zero-order valence-corrected chi connectivity index (χ0v) is 11.2. The first-order valence-corrected chi connectivity index (χ1v) is 6.96. The summed E-state index contributed by atoms with van der Waals surface area (Å²) in [6, 6.07) is 3.12. The van der Waals surface area contributed by atoms with Crippen molar-refractivity contribution in [2.75, 3.05) is 0 Å². The van der Waals surface area contributed by atoms with E-state index in [1.54, 1.807) is 12.1 Å². The Hall–Kier alpha value is -1.38. The van der Waals surface area contributed by atoms with Gasteiger partial charge >= 0.3 is 0 Å². The SMILES string of the molecule is CC(C)Oc1ccc2nc(Cl)c(S(N)(=O)=O)n2n1. The van der Waals surface area contributed by atoms with Gasteiger partial charge in [-0.2, -0.15) is 4.52 Å². The van der Waals surface area contributed by atoms with Gasteiger partial charge in [0, 0.05) is 6.07 Å². The molecule has 0 fully saturated rings. The number of ether oxygens (including phenoxy) is 1. The van der Waals surface area contributed by atoms with E-state index in [9.17, 15) is 8.42 Å². The molecule has 2 N–H and O–H groups in total. The van der Waals surface area contributed by atoms with Gasteiger partial charge in [0.25, 0.3) is 10.0 Å². The van der Waals surface area contributed by atoms with E-state index in [0.717, 1.165) is 4.52 Å². The first kappa shape index (κ1) is 13.1. The molecule has 2 heterocycles. The summed E-state index contributed by atoms with van der Waals surface area (Å²) in [5, 5.41) is 8.49. The topological polar surface area (TPSA) is 99.6 Å². The van der Waals surface area contributed by atoms with E-state index in [1.807, 2.05) is 13.8 Å². The molecule has 0 aliphatic heterocycles. The van der Waals surface area contributed by atoms with Crippen LogP contribution in [0.4, 0.5) is 0 Å². The molecule has 18 heavy (non-hydrogen) atoms. The molecular formula is C9H11ClN4O3S. The smallest absolute Gasteiger partial charge is 0.258 e. The van der Waals surface area contributed by atoms with E-state index in [4.69, 9.17) is 21.5 Å². The average molecular weight is 291 g/mol. The van der Waals surface area contributed by atoms with E-state index in [-0.39, 0.29) is 27.8 Å². The highest BCUT2D eigenvalue weighted by Crippen LogP contribution is 2.22. The molecular weight excluding hydrogens is 280 g/mol. The summed E-state index contributed by atoms with van der Waals surface area (Å²) in [4.78, 5) is 3.85. The molecule has 0 saturated heterocycles. The first-order valence-electron chi connectivity index (χ1n) is 5.04. The van der Waals surface area contributed by atoms with Crippen LogP contribution in [0.25, 0.3) is 5.65 Å². The summed E-state index contributed by atoms with van der Waals surface area (Å²) in [5.74, 6) is 0.261. The summed E-state index contributed by atoms with van der Waals surface area (Å²) in [6.07, 6.45) is -0.0909. The van der Waals surface area contributed by atoms with Gasteiger partial charge in [-0.25, -0.2) is 18.5 Å². The molecule has 0 aliphatic rings. The highest BCUT2D eigenvalue weighted by atomic mass is 35.5. The number of hydrogen-bond acceptors (Lipinski definition) is 5. The Bertz CT molecular complexity index is 695. The molecule has 0 amide bonds. The van der Waals surface area contributed by atoms with E-state index in [1.165, 1.54) is 0 Å². The number of sulfonamides is 1. The maximum atomic E-state index is 11.4. The van der Waals surface area contributed by atoms with Crippen LogP contribution in [0.1, 0.15) is 13.8 Å². The van der Waals surface area contributed by atoms with Crippen LogP contribution >= 0.6 is 11.6 Å². The van der Waals surface area contributed by atoms with Crippen molar-refractivity contribution in [2.45, 2.75) is 25.0 Å². The number of nitrogens with zero attached hydrogens (tertiary/aromatic N) is 3. The van der Waals surface area contributed by atoms with Crippen LogP contribution in [0.5, 0.6) is 5.88 Å². The maximum Gasteiger partial charge on any atom is 0.258 e. The molecule has 0 unspecified atom stereocenters. The number of primary sulfonamides is 1. The molecule has 0 atom stereocenters. The van der Waals surface area contributed by atoms with E-state index >= 15 is 0 Å². The van der Waals surface area contributed by atoms with Gasteiger partial charge in [0.05, 0.1) is 6.10 Å². The highest BCUT2D eigenvalue weighted by Gasteiger charge is 2.22. The van der Waals surface area contributed by atoms with Gasteiger partial charge in [0.2, 0.25) is 10.9 Å². The predicted octanol–water partition coefficient (Wildman–Crippen LogP) is 0.817. The van der Waals surface area contributed by atoms with Crippen molar-refractivity contribution >= 4 is 27.3 Å². The van der Waals surface area contributed by atoms with Crippen LogP contribution in [0, 0.1) is 0 Å². The van der Waals surface area contributed by atoms with E-state index in [0.29, 0.717) is 0 Å². The van der Waals surface area contributed by atoms with Crippen molar-refractivity contribution in [3.8, 4) is 5.88 Å². The van der Waals surface area contributed by atoms with E-state index in [2.05, 4.69) is 10.1 Å². The lowest BCUT2D eigenvalue weighted by Crippen LogP contribution is -2.16. The lowest BCUT2D eigenvalue weighted by Gasteiger charge is -2.08. The zero-order valence-electron chi connectivity index (χ0n) is 9.66. The molecule has 0 spiro atoms. The molecule has 0 radical (unpaired) electrons. The summed E-state index contributed by atoms with van der Waals surface area (Å²) >= 11 is 5.74. The molecule has 9 heteroatoms. The number of nitrogens with two attached hydrogens (primary N) is 1. The molecule has 2 rings (SSSR count). The summed E-state index contributed by atoms with van der Waals surface area (Å²) in [7, 11) is -4.01. The fourth-order valence-corrected chi connectivity index (χ4v) is 2.56. The normalized spacial score (nSPS) is 12.3. The minimum atomic E-state index is -4.01. The summed E-state index contributed by atoms with van der Waals surface area (Å²) in [5.41, 5.74) is 0.278. The molecule has 0 saturated carbocycles. The highest BCUT2D eigenvalue weighted by molar-refractivity contribution is 7.89. The summed E-state index contributed by atoms with van der Waals surface area (Å²) < 4.78 is 29.2. The number of aromatic nitrogens is 3. The van der Waals surface area contributed by atoms with Gasteiger partial charge < -0.3 is 4.74 Å². The molecule has 7 nitrogen and oxygen atoms in total. The van der Waals surface area contributed by atoms with Gasteiger partial charge in [-0.1, -0.05) is 11.6 Å². The van der Waals surface area contributed by atoms with Crippen LogP contribution in [0.2, 0.25) is 5.15 Å². The predicted molar refractivity (Wildman–Crippen MR) is 65.1 cm³/mol. The first-order chi connectivity index (χ1) is 8.29. The summed E-state index contributed by atoms with van der Waals surface area (Å²) in [6.45, 7) is 3.65. The number of fused-ring (bicyclic) bond motifs is 1. The second-order valence-electron chi connectivity index (χ2n) is 3.86. The lowest BCUT2D eigenvalue weighted by molar-refractivity contribution is 0.228. The van der Waals surface area contributed by atoms with Crippen LogP contribution < -0.4 is 9.88 Å². The van der Waals surface area contributed by atoms with Gasteiger partial charge in [0.15, 0.2) is 10.8 Å². The van der Waals surface area contributed by atoms with E-state index < -0.39 is 10.0 Å². The molecule has 98 valence electrons. The molecule has 2 aromatic heterocycles. The Balaban J connectivity index is 2.67. The molecule has 2 aromatic rings. The van der Waals surface area contributed by atoms with Crippen molar-refractivity contribution in [3.05, 3.63) is 17.3 Å². The molecule has 0 aromatic carbocycles. The van der Waals surface area contributed by atoms with Crippen LogP contribution in [-0.2, 0) is 10.0 Å². The second kappa shape index (κ2) is 4.38. The Labute approximate surface area is 109 Å². The Kier molecular flexibility index (Phi) is 3.18. The number of halogens is 1. The average Bonchev–Trinajstić information content (AvgIpc) is 2.51. The van der Waals surface area contributed by atoms with Crippen molar-refractivity contribution in [2.24, 2.45) is 5.14 Å². The van der Waals surface area contributed by atoms with Crippen LogP contribution in [0.3, 0.4) is 0 Å². The third-order valence-corrected chi connectivity index (χ3v) is 3.28. The Morgan fingerprint density at radius 2 is 2.11 bits per heavy atom. The van der Waals surface area contributed by atoms with Crippen molar-refractivity contribution < 1.29 is 13.2 Å². The zero-order chi connectivity index (χ0) is 13.5. The second-order valence-corrected chi connectivity index (χ2v) is 5.70. The third-order valence-electron chi connectivity index (χ3n) is 2.00. The fourth-order valence-electron chi connectivity index (χ4n) is 1.41. The van der Waals surface area contributed by atoms with Crippen molar-refractivity contribution in [3.63, 3.8) is 0 Å². The van der Waals surface area contributed by atoms with Crippen molar-refractivity contribution in [1.82, 2.24) is 14.6 Å². The number of rotatable bonds is 3. The lowest BCUT2D eigenvalue weighted by atomic mass is 10.5.